The third-order valence-corrected chi connectivity index (χ3v) is 7.20. The van der Waals surface area contributed by atoms with Crippen LogP contribution in [0.3, 0.4) is 0 Å². The van der Waals surface area contributed by atoms with E-state index in [1.165, 1.54) is 23.2 Å². The number of amides is 2. The van der Waals surface area contributed by atoms with Crippen LogP contribution in [-0.2, 0) is 15.7 Å². The number of carbonyl (C=O) groups is 1. The summed E-state index contributed by atoms with van der Waals surface area (Å²) in [4.78, 5) is 26.0. The van der Waals surface area contributed by atoms with Crippen molar-refractivity contribution in [2.75, 3.05) is 48.0 Å². The number of fused-ring (bicyclic) bond motifs is 1. The number of hydrogen-bond donors (Lipinski definition) is 1. The highest BCUT2D eigenvalue weighted by Gasteiger charge is 2.34. The van der Waals surface area contributed by atoms with Gasteiger partial charge in [-0.15, -0.1) is 0 Å². The van der Waals surface area contributed by atoms with Crippen LogP contribution in [0, 0.1) is 0 Å². The second-order valence-corrected chi connectivity index (χ2v) is 10.8. The summed E-state index contributed by atoms with van der Waals surface area (Å²) in [6.45, 7) is 7.96. The van der Waals surface area contributed by atoms with Crippen LogP contribution in [-0.4, -0.2) is 60.7 Å². The molecular weight excluding hydrogens is 575 g/mol. The van der Waals surface area contributed by atoms with Crippen LogP contribution in [0.25, 0.3) is 11.3 Å². The highest BCUT2D eigenvalue weighted by molar-refractivity contribution is 6.33. The predicted octanol–water partition coefficient (Wildman–Crippen LogP) is 6.61. The number of rotatable bonds is 6. The van der Waals surface area contributed by atoms with Crippen molar-refractivity contribution < 1.29 is 32.2 Å². The van der Waals surface area contributed by atoms with E-state index in [-0.39, 0.29) is 29.0 Å². The Morgan fingerprint density at radius 2 is 2.02 bits per heavy atom. The van der Waals surface area contributed by atoms with Crippen molar-refractivity contribution in [3.05, 3.63) is 59.2 Å². The summed E-state index contributed by atoms with van der Waals surface area (Å²) in [7, 11) is 0. The Labute approximate surface area is 246 Å². The molecule has 0 bridgehead atoms. The number of carbonyl (C=O) groups excluding carboxylic acids is 1. The average Bonchev–Trinajstić information content (AvgIpc) is 3.20. The molecule has 9 nitrogen and oxygen atoms in total. The normalized spacial score (nSPS) is 18.4. The van der Waals surface area contributed by atoms with Crippen LogP contribution in [0.4, 0.5) is 35.3 Å². The molecular formula is C29H31ClF3N5O4. The standard InChI is InChI=1S/C29H31ClF3N5O4/c1-4-37-11-6-12-38(26-23(37)14-22(30)25(36-26)18-7-5-8-19(13-18)29(31,32)33)27(39)35-24-10-9-20(15-34-24)40-16-21-17-41-28(2,3)42-21/h5,7-10,13-15,21H,4,6,11-12,16-17H2,1-3H3,(H,34,35,39)/t21-/m0/s1. The number of hydrogen-bond acceptors (Lipinski definition) is 7. The van der Waals surface area contributed by atoms with Crippen molar-refractivity contribution in [2.45, 2.75) is 45.3 Å². The molecule has 13 heteroatoms. The fraction of sp³-hybridized carbons (Fsp3) is 0.414. The van der Waals surface area contributed by atoms with Gasteiger partial charge in [0.15, 0.2) is 11.6 Å². The molecule has 2 aliphatic rings. The number of aromatic nitrogens is 2. The minimum absolute atomic E-state index is 0.150. The second-order valence-electron chi connectivity index (χ2n) is 10.4. The summed E-state index contributed by atoms with van der Waals surface area (Å²) < 4.78 is 57.2. The monoisotopic (exact) mass is 605 g/mol. The maximum absolute atomic E-state index is 13.5. The van der Waals surface area contributed by atoms with Crippen LogP contribution >= 0.6 is 11.6 Å². The van der Waals surface area contributed by atoms with E-state index in [0.29, 0.717) is 55.7 Å². The van der Waals surface area contributed by atoms with E-state index < -0.39 is 23.6 Å². The van der Waals surface area contributed by atoms with E-state index in [9.17, 15) is 18.0 Å². The van der Waals surface area contributed by atoms with Gasteiger partial charge in [0.2, 0.25) is 0 Å². The Bertz CT molecular complexity index is 1440. The van der Waals surface area contributed by atoms with Crippen molar-refractivity contribution in [1.82, 2.24) is 9.97 Å². The van der Waals surface area contributed by atoms with E-state index in [0.717, 1.165) is 12.1 Å². The van der Waals surface area contributed by atoms with Gasteiger partial charge in [0, 0.05) is 25.2 Å². The number of anilines is 3. The molecule has 1 atom stereocenters. The van der Waals surface area contributed by atoms with E-state index in [4.69, 9.17) is 25.8 Å². The van der Waals surface area contributed by atoms with Crippen LogP contribution in [0.5, 0.6) is 5.75 Å². The first-order valence-electron chi connectivity index (χ1n) is 13.6. The Morgan fingerprint density at radius 1 is 1.21 bits per heavy atom. The summed E-state index contributed by atoms with van der Waals surface area (Å²) in [6, 6.07) is 9.26. The molecule has 2 aromatic heterocycles. The number of benzene rings is 1. The van der Waals surface area contributed by atoms with Gasteiger partial charge in [0.05, 0.1) is 34.8 Å². The van der Waals surface area contributed by atoms with Crippen LogP contribution in [0.15, 0.2) is 48.7 Å². The average molecular weight is 606 g/mol. The summed E-state index contributed by atoms with van der Waals surface area (Å²) >= 11 is 6.56. The van der Waals surface area contributed by atoms with E-state index in [1.54, 1.807) is 18.2 Å². The predicted molar refractivity (Wildman–Crippen MR) is 153 cm³/mol. The van der Waals surface area contributed by atoms with Crippen molar-refractivity contribution in [2.24, 2.45) is 0 Å². The molecule has 1 N–H and O–H groups in total. The van der Waals surface area contributed by atoms with Gasteiger partial charge in [-0.05, 0) is 57.5 Å². The van der Waals surface area contributed by atoms with Gasteiger partial charge in [0.1, 0.15) is 24.3 Å². The van der Waals surface area contributed by atoms with E-state index >= 15 is 0 Å². The fourth-order valence-electron chi connectivity index (χ4n) is 4.87. The zero-order valence-electron chi connectivity index (χ0n) is 23.4. The van der Waals surface area contributed by atoms with Gasteiger partial charge < -0.3 is 19.1 Å². The molecule has 42 heavy (non-hydrogen) atoms. The van der Waals surface area contributed by atoms with E-state index in [2.05, 4.69) is 15.3 Å². The largest absolute Gasteiger partial charge is 0.489 e. The molecule has 0 spiro atoms. The third-order valence-electron chi connectivity index (χ3n) is 6.91. The van der Waals surface area contributed by atoms with Crippen molar-refractivity contribution >= 4 is 35.0 Å². The van der Waals surface area contributed by atoms with Crippen LogP contribution < -0.4 is 19.9 Å². The Balaban J connectivity index is 1.37. The Kier molecular flexibility index (Phi) is 8.49. The van der Waals surface area contributed by atoms with Gasteiger partial charge in [0.25, 0.3) is 0 Å². The highest BCUT2D eigenvalue weighted by Crippen LogP contribution is 2.40. The third kappa shape index (κ3) is 6.71. The number of pyridine rings is 2. The summed E-state index contributed by atoms with van der Waals surface area (Å²) in [5, 5.41) is 2.97. The SMILES string of the molecule is CCN1CCCN(C(=O)Nc2ccc(OC[C@H]3COC(C)(C)O3)cn2)c2nc(-c3cccc(C(F)(F)F)c3)c(Cl)cc21. The molecule has 1 aromatic carbocycles. The number of nitrogens with zero attached hydrogens (tertiary/aromatic N) is 4. The minimum Gasteiger partial charge on any atom is -0.489 e. The lowest BCUT2D eigenvalue weighted by atomic mass is 10.1. The molecule has 0 radical (unpaired) electrons. The first-order chi connectivity index (χ1) is 19.9. The van der Waals surface area contributed by atoms with Gasteiger partial charge in [-0.3, -0.25) is 10.2 Å². The smallest absolute Gasteiger partial charge is 0.416 e. The van der Waals surface area contributed by atoms with Crippen LogP contribution in [0.1, 0.15) is 32.8 Å². The number of alkyl halides is 3. The second kappa shape index (κ2) is 11.9. The number of halogens is 4. The Morgan fingerprint density at radius 3 is 2.69 bits per heavy atom. The highest BCUT2D eigenvalue weighted by atomic mass is 35.5. The number of ether oxygens (including phenoxy) is 3. The first kappa shape index (κ1) is 29.9. The van der Waals surface area contributed by atoms with Crippen molar-refractivity contribution in [3.8, 4) is 17.0 Å². The zero-order chi connectivity index (χ0) is 30.1. The van der Waals surface area contributed by atoms with Crippen molar-refractivity contribution in [1.29, 1.82) is 0 Å². The van der Waals surface area contributed by atoms with Crippen molar-refractivity contribution in [3.63, 3.8) is 0 Å². The van der Waals surface area contributed by atoms with Gasteiger partial charge in [-0.1, -0.05) is 23.7 Å². The first-order valence-corrected chi connectivity index (χ1v) is 13.9. The molecule has 2 amide bonds. The molecule has 1 fully saturated rings. The molecule has 3 aromatic rings. The summed E-state index contributed by atoms with van der Waals surface area (Å²) in [5.41, 5.74) is 0.144. The molecule has 0 saturated carbocycles. The summed E-state index contributed by atoms with van der Waals surface area (Å²) in [5.74, 6) is 0.445. The lowest BCUT2D eigenvalue weighted by molar-refractivity contribution is -0.141. The molecule has 4 heterocycles. The lowest BCUT2D eigenvalue weighted by Crippen LogP contribution is -2.36. The minimum atomic E-state index is -4.53. The number of nitrogens with one attached hydrogen (secondary N) is 1. The van der Waals surface area contributed by atoms with Gasteiger partial charge in [-0.2, -0.15) is 13.2 Å². The van der Waals surface area contributed by atoms with Gasteiger partial charge >= 0.3 is 12.2 Å². The number of urea groups is 1. The van der Waals surface area contributed by atoms with E-state index in [1.807, 2.05) is 25.7 Å². The Hall–Kier alpha value is -3.61. The van der Waals surface area contributed by atoms with Gasteiger partial charge in [-0.25, -0.2) is 14.8 Å². The molecule has 2 aliphatic heterocycles. The topological polar surface area (TPSA) is 89.1 Å². The molecule has 5 rings (SSSR count). The quantitative estimate of drug-likeness (QED) is 0.338. The molecule has 224 valence electrons. The molecule has 0 aliphatic carbocycles. The lowest BCUT2D eigenvalue weighted by Gasteiger charge is -2.26. The molecule has 0 unspecified atom stereocenters. The maximum Gasteiger partial charge on any atom is 0.416 e. The summed E-state index contributed by atoms with van der Waals surface area (Å²) in [6.07, 6.45) is -2.59. The van der Waals surface area contributed by atoms with Crippen LogP contribution in [0.2, 0.25) is 5.02 Å². The zero-order valence-corrected chi connectivity index (χ0v) is 24.1. The maximum atomic E-state index is 13.5. The molecule has 1 saturated heterocycles. The fourth-order valence-corrected chi connectivity index (χ4v) is 5.12.